The Morgan fingerprint density at radius 3 is 2.14 bits per heavy atom. The van der Waals surface area contributed by atoms with Gasteiger partial charge in [-0.05, 0) is 17.5 Å². The number of rotatable bonds is 1. The van der Waals surface area contributed by atoms with Crippen molar-refractivity contribution in [2.45, 2.75) is 0 Å². The van der Waals surface area contributed by atoms with E-state index in [9.17, 15) is 10.1 Å². The molecule has 0 spiro atoms. The van der Waals surface area contributed by atoms with E-state index in [0.29, 0.717) is 10.9 Å². The van der Waals surface area contributed by atoms with E-state index in [0.717, 1.165) is 21.7 Å². The van der Waals surface area contributed by atoms with Crippen LogP contribution in [0.1, 0.15) is 0 Å². The summed E-state index contributed by atoms with van der Waals surface area (Å²) >= 11 is 0. The maximum Gasteiger partial charge on any atom is 0.277 e. The van der Waals surface area contributed by atoms with Crippen molar-refractivity contribution in [1.82, 2.24) is 9.97 Å². The molecule has 4 aromatic rings. The molecule has 0 N–H and O–H groups in total. The van der Waals surface area contributed by atoms with Crippen LogP contribution < -0.4 is 0 Å². The average molecular weight is 275 g/mol. The van der Waals surface area contributed by atoms with E-state index in [2.05, 4.69) is 9.97 Å². The highest BCUT2D eigenvalue weighted by Gasteiger charge is 2.18. The van der Waals surface area contributed by atoms with Crippen LogP contribution in [0.15, 0.2) is 54.9 Å². The summed E-state index contributed by atoms with van der Waals surface area (Å²) in [4.78, 5) is 19.8. The van der Waals surface area contributed by atoms with Crippen molar-refractivity contribution in [3.63, 3.8) is 0 Å². The second kappa shape index (κ2) is 4.21. The van der Waals surface area contributed by atoms with E-state index < -0.39 is 0 Å². The third-order valence-corrected chi connectivity index (χ3v) is 3.64. The molecule has 4 rings (SSSR count). The molecule has 100 valence electrons. The quantitative estimate of drug-likeness (QED) is 0.300. The third kappa shape index (κ3) is 1.57. The molecular formula is C16H9N3O2. The van der Waals surface area contributed by atoms with Gasteiger partial charge in [0.05, 0.1) is 21.3 Å². The van der Waals surface area contributed by atoms with Crippen molar-refractivity contribution in [1.29, 1.82) is 0 Å². The van der Waals surface area contributed by atoms with Crippen molar-refractivity contribution in [2.24, 2.45) is 0 Å². The van der Waals surface area contributed by atoms with Crippen LogP contribution in [0, 0.1) is 10.1 Å². The average Bonchev–Trinajstić information content (AvgIpc) is 2.54. The molecule has 0 amide bonds. The molecule has 0 aliphatic carbocycles. The molecule has 2 aromatic heterocycles. The summed E-state index contributed by atoms with van der Waals surface area (Å²) in [6, 6.07) is 12.5. The van der Waals surface area contributed by atoms with Gasteiger partial charge in [-0.1, -0.05) is 24.3 Å². The highest BCUT2D eigenvalue weighted by atomic mass is 16.6. The number of hydrogen-bond acceptors (Lipinski definition) is 4. The molecule has 2 aromatic carbocycles. The highest BCUT2D eigenvalue weighted by Crippen LogP contribution is 2.37. The Hall–Kier alpha value is -3.08. The second-order valence-corrected chi connectivity index (χ2v) is 4.76. The Kier molecular flexibility index (Phi) is 2.35. The van der Waals surface area contributed by atoms with Gasteiger partial charge in [-0.15, -0.1) is 0 Å². The Morgan fingerprint density at radius 2 is 1.43 bits per heavy atom. The number of nitro benzene ring substituents is 1. The van der Waals surface area contributed by atoms with Crippen LogP contribution in [-0.4, -0.2) is 14.9 Å². The van der Waals surface area contributed by atoms with Crippen LogP contribution >= 0.6 is 0 Å². The van der Waals surface area contributed by atoms with Gasteiger partial charge in [0.2, 0.25) is 0 Å². The number of hydrogen-bond donors (Lipinski definition) is 0. The van der Waals surface area contributed by atoms with Crippen LogP contribution in [-0.2, 0) is 0 Å². The smallest absolute Gasteiger partial charge is 0.258 e. The zero-order chi connectivity index (χ0) is 14.4. The van der Waals surface area contributed by atoms with E-state index in [4.69, 9.17) is 0 Å². The summed E-state index contributed by atoms with van der Waals surface area (Å²) in [7, 11) is 0. The van der Waals surface area contributed by atoms with Gasteiger partial charge in [-0.3, -0.25) is 20.1 Å². The fourth-order valence-corrected chi connectivity index (χ4v) is 2.81. The summed E-state index contributed by atoms with van der Waals surface area (Å²) < 4.78 is 0. The molecule has 21 heavy (non-hydrogen) atoms. The zero-order valence-corrected chi connectivity index (χ0v) is 10.9. The Bertz CT molecular complexity index is 983. The van der Waals surface area contributed by atoms with Crippen molar-refractivity contribution in [3.05, 3.63) is 65.0 Å². The molecule has 0 aliphatic rings. The van der Waals surface area contributed by atoms with Gasteiger partial charge in [0.15, 0.2) is 0 Å². The minimum Gasteiger partial charge on any atom is -0.258 e. The topological polar surface area (TPSA) is 68.9 Å². The Labute approximate surface area is 119 Å². The monoisotopic (exact) mass is 275 g/mol. The van der Waals surface area contributed by atoms with Crippen molar-refractivity contribution < 1.29 is 4.92 Å². The molecule has 0 aliphatic heterocycles. The first-order valence-corrected chi connectivity index (χ1v) is 6.46. The van der Waals surface area contributed by atoms with Gasteiger partial charge in [-0.2, -0.15) is 0 Å². The van der Waals surface area contributed by atoms with Crippen LogP contribution in [0.2, 0.25) is 0 Å². The fraction of sp³-hybridized carbons (Fsp3) is 0. The van der Waals surface area contributed by atoms with E-state index in [1.54, 1.807) is 24.5 Å². The van der Waals surface area contributed by atoms with Gasteiger partial charge in [0.1, 0.15) is 0 Å². The third-order valence-electron chi connectivity index (χ3n) is 3.64. The highest BCUT2D eigenvalue weighted by molar-refractivity contribution is 6.25. The van der Waals surface area contributed by atoms with Gasteiger partial charge in [0.25, 0.3) is 5.69 Å². The number of nitrogens with zero attached hydrogens (tertiary/aromatic N) is 3. The van der Waals surface area contributed by atoms with E-state index in [1.165, 1.54) is 6.07 Å². The summed E-state index contributed by atoms with van der Waals surface area (Å²) in [6.07, 6.45) is 3.39. The van der Waals surface area contributed by atoms with Gasteiger partial charge in [-0.25, -0.2) is 0 Å². The van der Waals surface area contributed by atoms with E-state index in [-0.39, 0.29) is 10.6 Å². The van der Waals surface area contributed by atoms with E-state index >= 15 is 0 Å². The summed E-state index contributed by atoms with van der Waals surface area (Å²) in [5.41, 5.74) is 1.55. The molecule has 2 heterocycles. The summed E-state index contributed by atoms with van der Waals surface area (Å²) in [6.45, 7) is 0. The van der Waals surface area contributed by atoms with Crippen LogP contribution in [0.5, 0.6) is 0 Å². The largest absolute Gasteiger partial charge is 0.277 e. The minimum atomic E-state index is -0.350. The van der Waals surface area contributed by atoms with E-state index in [1.807, 2.05) is 24.3 Å². The first-order valence-electron chi connectivity index (χ1n) is 6.46. The maximum absolute atomic E-state index is 11.4. The predicted octanol–water partition coefficient (Wildman–Crippen LogP) is 3.84. The molecule has 0 fully saturated rings. The number of nitro groups is 1. The van der Waals surface area contributed by atoms with Gasteiger partial charge >= 0.3 is 0 Å². The lowest BCUT2D eigenvalue weighted by Crippen LogP contribution is -1.93. The van der Waals surface area contributed by atoms with Crippen molar-refractivity contribution in [2.75, 3.05) is 0 Å². The molecule has 0 saturated carbocycles. The van der Waals surface area contributed by atoms with Crippen LogP contribution in [0.25, 0.3) is 32.6 Å². The van der Waals surface area contributed by atoms with Crippen molar-refractivity contribution in [3.8, 4) is 0 Å². The first-order chi connectivity index (χ1) is 10.3. The number of benzene rings is 2. The van der Waals surface area contributed by atoms with Crippen LogP contribution in [0.3, 0.4) is 0 Å². The number of pyridine rings is 2. The maximum atomic E-state index is 11.4. The molecule has 5 nitrogen and oxygen atoms in total. The first kappa shape index (κ1) is 11.7. The standard InChI is InChI=1S/C16H9N3O2/c20-19(21)13-7-1-4-10-11-5-2-8-17-15(11)16-12(14(10)13)6-3-9-18-16/h1-9H. The molecule has 5 heteroatoms. The second-order valence-electron chi connectivity index (χ2n) is 4.76. The molecule has 0 unspecified atom stereocenters. The molecule has 0 radical (unpaired) electrons. The number of aromatic nitrogens is 2. The van der Waals surface area contributed by atoms with Crippen molar-refractivity contribution >= 4 is 38.3 Å². The number of fused-ring (bicyclic) bond motifs is 6. The molecule has 0 saturated heterocycles. The SMILES string of the molecule is O=[N+]([O-])c1cccc2c3cccnc3c3ncccc3c12. The van der Waals surface area contributed by atoms with Gasteiger partial charge in [0, 0.05) is 29.2 Å². The summed E-state index contributed by atoms with van der Waals surface area (Å²) in [5.74, 6) is 0. The number of non-ortho nitro benzene ring substituents is 1. The molecular weight excluding hydrogens is 266 g/mol. The zero-order valence-electron chi connectivity index (χ0n) is 10.9. The lowest BCUT2D eigenvalue weighted by molar-refractivity contribution is -0.383. The predicted molar refractivity (Wildman–Crippen MR) is 81.2 cm³/mol. The minimum absolute atomic E-state index is 0.0938. The Morgan fingerprint density at radius 1 is 0.810 bits per heavy atom. The molecule has 0 bridgehead atoms. The van der Waals surface area contributed by atoms with Crippen LogP contribution in [0.4, 0.5) is 5.69 Å². The normalized spacial score (nSPS) is 11.2. The lowest BCUT2D eigenvalue weighted by atomic mass is 9.99. The molecule has 0 atom stereocenters. The summed E-state index contributed by atoms with van der Waals surface area (Å²) in [5, 5.41) is 14.4. The van der Waals surface area contributed by atoms with Gasteiger partial charge < -0.3 is 0 Å². The fourth-order valence-electron chi connectivity index (χ4n) is 2.81. The lowest BCUT2D eigenvalue weighted by Gasteiger charge is -2.08. The Balaban J connectivity index is 2.43.